The molecule has 0 heterocycles. The lowest BCUT2D eigenvalue weighted by Crippen LogP contribution is -2.38. The lowest BCUT2D eigenvalue weighted by Gasteiger charge is -2.36. The second-order valence-electron chi connectivity index (χ2n) is 5.29. The molecule has 1 aliphatic rings. The fourth-order valence-electron chi connectivity index (χ4n) is 2.70. The molecule has 2 rings (SSSR count). The summed E-state index contributed by atoms with van der Waals surface area (Å²) in [5, 5.41) is 13.6. The van der Waals surface area contributed by atoms with Crippen molar-refractivity contribution in [2.45, 2.75) is 43.5 Å². The van der Waals surface area contributed by atoms with Crippen molar-refractivity contribution in [3.63, 3.8) is 0 Å². The van der Waals surface area contributed by atoms with Crippen molar-refractivity contribution in [1.29, 1.82) is 0 Å². The van der Waals surface area contributed by atoms with E-state index in [0.29, 0.717) is 25.7 Å². The number of aliphatic hydroxyl groups is 1. The Kier molecular flexibility index (Phi) is 4.07. The van der Waals surface area contributed by atoms with E-state index in [2.05, 4.69) is 5.32 Å². The van der Waals surface area contributed by atoms with E-state index in [0.717, 1.165) is 12.1 Å². The van der Waals surface area contributed by atoms with Crippen LogP contribution in [0.4, 0.5) is 17.6 Å². The third kappa shape index (κ3) is 2.96. The van der Waals surface area contributed by atoms with Gasteiger partial charge in [-0.25, -0.2) is 4.39 Å². The smallest absolute Gasteiger partial charge is 0.385 e. The van der Waals surface area contributed by atoms with E-state index in [1.807, 2.05) is 7.05 Å². The minimum atomic E-state index is -4.75. The average Bonchev–Trinajstić information content (AvgIpc) is 2.38. The highest BCUT2D eigenvalue weighted by Crippen LogP contribution is 2.40. The van der Waals surface area contributed by atoms with Crippen molar-refractivity contribution >= 4 is 0 Å². The van der Waals surface area contributed by atoms with Gasteiger partial charge in [0.1, 0.15) is 5.82 Å². The van der Waals surface area contributed by atoms with Crippen molar-refractivity contribution in [3.8, 4) is 0 Å². The monoisotopic (exact) mass is 291 g/mol. The van der Waals surface area contributed by atoms with Gasteiger partial charge in [0.05, 0.1) is 11.2 Å². The van der Waals surface area contributed by atoms with Crippen molar-refractivity contribution in [1.82, 2.24) is 5.32 Å². The maximum atomic E-state index is 13.3. The fourth-order valence-corrected chi connectivity index (χ4v) is 2.70. The number of halogens is 4. The molecule has 0 saturated heterocycles. The second-order valence-corrected chi connectivity index (χ2v) is 5.29. The molecule has 1 fully saturated rings. The van der Waals surface area contributed by atoms with Crippen LogP contribution in [0, 0.1) is 5.82 Å². The molecule has 0 atom stereocenters. The van der Waals surface area contributed by atoms with Crippen LogP contribution >= 0.6 is 0 Å². The van der Waals surface area contributed by atoms with Crippen LogP contribution in [0.3, 0.4) is 0 Å². The predicted molar refractivity (Wildman–Crippen MR) is 66.6 cm³/mol. The van der Waals surface area contributed by atoms with E-state index in [9.17, 15) is 22.7 Å². The molecule has 0 amide bonds. The van der Waals surface area contributed by atoms with Gasteiger partial charge in [0.25, 0.3) is 0 Å². The molecule has 2 N–H and O–H groups in total. The van der Waals surface area contributed by atoms with Crippen LogP contribution in [0.5, 0.6) is 0 Å². The Morgan fingerprint density at radius 2 is 1.85 bits per heavy atom. The quantitative estimate of drug-likeness (QED) is 0.820. The van der Waals surface area contributed by atoms with Gasteiger partial charge in [0.15, 0.2) is 0 Å². The van der Waals surface area contributed by atoms with Gasteiger partial charge < -0.3 is 10.4 Å². The number of benzene rings is 1. The van der Waals surface area contributed by atoms with Gasteiger partial charge in [-0.1, -0.05) is 6.07 Å². The van der Waals surface area contributed by atoms with E-state index in [1.165, 1.54) is 6.07 Å². The van der Waals surface area contributed by atoms with Crippen molar-refractivity contribution in [2.75, 3.05) is 7.05 Å². The highest BCUT2D eigenvalue weighted by atomic mass is 19.4. The SMILES string of the molecule is CNC1CCC(O)(c2ccc(F)c(C(F)(F)F)c2)CC1. The highest BCUT2D eigenvalue weighted by Gasteiger charge is 2.39. The molecule has 0 aliphatic heterocycles. The first-order valence-corrected chi connectivity index (χ1v) is 6.53. The third-order valence-electron chi connectivity index (χ3n) is 4.03. The molecule has 0 radical (unpaired) electrons. The zero-order valence-electron chi connectivity index (χ0n) is 11.1. The number of hydrogen-bond acceptors (Lipinski definition) is 2. The molecule has 1 saturated carbocycles. The first-order valence-electron chi connectivity index (χ1n) is 6.53. The number of rotatable bonds is 2. The average molecular weight is 291 g/mol. The molecule has 0 bridgehead atoms. The van der Waals surface area contributed by atoms with Gasteiger partial charge in [0, 0.05) is 6.04 Å². The van der Waals surface area contributed by atoms with E-state index in [-0.39, 0.29) is 11.6 Å². The van der Waals surface area contributed by atoms with E-state index >= 15 is 0 Å². The first kappa shape index (κ1) is 15.3. The maximum Gasteiger partial charge on any atom is 0.419 e. The van der Waals surface area contributed by atoms with Crippen LogP contribution in [0.25, 0.3) is 0 Å². The summed E-state index contributed by atoms with van der Waals surface area (Å²) in [4.78, 5) is 0. The third-order valence-corrected chi connectivity index (χ3v) is 4.03. The van der Waals surface area contributed by atoms with E-state index < -0.39 is 23.2 Å². The Balaban J connectivity index is 2.29. The molecule has 1 aromatic carbocycles. The molecular weight excluding hydrogens is 274 g/mol. The molecular formula is C14H17F4NO. The Morgan fingerprint density at radius 3 is 2.35 bits per heavy atom. The lowest BCUT2D eigenvalue weighted by atomic mass is 9.77. The first-order chi connectivity index (χ1) is 9.26. The lowest BCUT2D eigenvalue weighted by molar-refractivity contribution is -0.140. The van der Waals surface area contributed by atoms with E-state index in [4.69, 9.17) is 0 Å². The summed E-state index contributed by atoms with van der Waals surface area (Å²) in [5.41, 5.74) is -2.49. The largest absolute Gasteiger partial charge is 0.419 e. The minimum absolute atomic E-state index is 0.140. The number of nitrogens with one attached hydrogen (secondary N) is 1. The van der Waals surface area contributed by atoms with E-state index in [1.54, 1.807) is 0 Å². The van der Waals surface area contributed by atoms with Crippen molar-refractivity contribution in [3.05, 3.63) is 35.1 Å². The van der Waals surface area contributed by atoms with Gasteiger partial charge in [-0.2, -0.15) is 13.2 Å². The van der Waals surface area contributed by atoms with Crippen LogP contribution < -0.4 is 5.32 Å². The zero-order valence-corrected chi connectivity index (χ0v) is 11.1. The summed E-state index contributed by atoms with van der Waals surface area (Å²) in [6, 6.07) is 3.01. The standard InChI is InChI=1S/C14H17F4NO/c1-19-10-4-6-13(20,7-5-10)9-2-3-12(15)11(8-9)14(16,17)18/h2-3,8,10,19-20H,4-7H2,1H3. The maximum absolute atomic E-state index is 13.3. The highest BCUT2D eigenvalue weighted by molar-refractivity contribution is 5.31. The molecule has 1 aliphatic carbocycles. The van der Waals surface area contributed by atoms with Crippen LogP contribution in [0.2, 0.25) is 0 Å². The summed E-state index contributed by atoms with van der Waals surface area (Å²) in [5.74, 6) is -1.31. The fraction of sp³-hybridized carbons (Fsp3) is 0.571. The molecule has 1 aromatic rings. The van der Waals surface area contributed by atoms with Crippen LogP contribution in [0.15, 0.2) is 18.2 Å². The van der Waals surface area contributed by atoms with Crippen molar-refractivity contribution in [2.24, 2.45) is 0 Å². The summed E-state index contributed by atoms with van der Waals surface area (Å²) >= 11 is 0. The Morgan fingerprint density at radius 1 is 1.25 bits per heavy atom. The molecule has 0 unspecified atom stereocenters. The summed E-state index contributed by atoms with van der Waals surface area (Å²) in [6.45, 7) is 0. The Bertz CT molecular complexity index is 479. The minimum Gasteiger partial charge on any atom is -0.385 e. The topological polar surface area (TPSA) is 32.3 Å². The zero-order chi connectivity index (χ0) is 15.0. The number of hydrogen-bond donors (Lipinski definition) is 2. The summed E-state index contributed by atoms with van der Waals surface area (Å²) in [6.07, 6.45) is -2.68. The second kappa shape index (κ2) is 5.33. The van der Waals surface area contributed by atoms with Crippen molar-refractivity contribution < 1.29 is 22.7 Å². The summed E-state index contributed by atoms with van der Waals surface area (Å²) in [7, 11) is 1.81. The van der Waals surface area contributed by atoms with Crippen LogP contribution in [-0.4, -0.2) is 18.2 Å². The number of alkyl halides is 3. The normalized spacial score (nSPS) is 27.6. The molecule has 0 aromatic heterocycles. The van der Waals surface area contributed by atoms with Gasteiger partial charge in [-0.3, -0.25) is 0 Å². The molecule has 0 spiro atoms. The predicted octanol–water partition coefficient (Wildman–Crippen LogP) is 3.19. The van der Waals surface area contributed by atoms with Gasteiger partial charge in [-0.05, 0) is 50.4 Å². The molecule has 2 nitrogen and oxygen atoms in total. The summed E-state index contributed by atoms with van der Waals surface area (Å²) < 4.78 is 51.4. The Hall–Kier alpha value is -1.14. The van der Waals surface area contributed by atoms with Gasteiger partial charge in [0.2, 0.25) is 0 Å². The van der Waals surface area contributed by atoms with Crippen LogP contribution in [-0.2, 0) is 11.8 Å². The molecule has 112 valence electrons. The van der Waals surface area contributed by atoms with Gasteiger partial charge >= 0.3 is 6.18 Å². The molecule has 6 heteroatoms. The molecule has 20 heavy (non-hydrogen) atoms. The van der Waals surface area contributed by atoms with Gasteiger partial charge in [-0.15, -0.1) is 0 Å². The Labute approximate surface area is 114 Å². The van der Waals surface area contributed by atoms with Crippen LogP contribution in [0.1, 0.15) is 36.8 Å².